The fourth-order valence-electron chi connectivity index (χ4n) is 3.37. The summed E-state index contributed by atoms with van der Waals surface area (Å²) in [5.74, 6) is 0.606. The van der Waals surface area contributed by atoms with Gasteiger partial charge in [-0.1, -0.05) is 25.1 Å². The Morgan fingerprint density at radius 1 is 1.10 bits per heavy atom. The van der Waals surface area contributed by atoms with Gasteiger partial charge >= 0.3 is 7.12 Å². The van der Waals surface area contributed by atoms with Crippen LogP contribution in [0.4, 0.5) is 0 Å². The van der Waals surface area contributed by atoms with Crippen molar-refractivity contribution in [3.05, 3.63) is 29.3 Å². The highest BCUT2D eigenvalue weighted by Gasteiger charge is 2.52. The Labute approximate surface area is 123 Å². The maximum Gasteiger partial charge on any atom is 0.495 e. The molecule has 0 N–H and O–H groups in total. The van der Waals surface area contributed by atoms with Crippen LogP contribution in [0, 0.1) is 0 Å². The van der Waals surface area contributed by atoms with Crippen molar-refractivity contribution in [1.29, 1.82) is 0 Å². The van der Waals surface area contributed by atoms with Gasteiger partial charge in [0, 0.05) is 0 Å². The van der Waals surface area contributed by atoms with E-state index in [1.54, 1.807) is 0 Å². The van der Waals surface area contributed by atoms with Gasteiger partial charge in [-0.25, -0.2) is 0 Å². The molecule has 1 saturated heterocycles. The van der Waals surface area contributed by atoms with Crippen LogP contribution in [-0.4, -0.2) is 18.3 Å². The van der Waals surface area contributed by atoms with Crippen molar-refractivity contribution in [2.75, 3.05) is 0 Å². The first-order chi connectivity index (χ1) is 9.32. The molecule has 20 heavy (non-hydrogen) atoms. The second-order valence-corrected chi connectivity index (χ2v) is 7.30. The number of rotatable bonds is 1. The molecule has 0 spiro atoms. The Morgan fingerprint density at radius 2 is 1.75 bits per heavy atom. The van der Waals surface area contributed by atoms with Gasteiger partial charge in [-0.2, -0.15) is 0 Å². The first-order valence-electron chi connectivity index (χ1n) is 7.79. The minimum Gasteiger partial charge on any atom is -0.399 e. The molecule has 0 amide bonds. The second-order valence-electron chi connectivity index (χ2n) is 7.30. The lowest BCUT2D eigenvalue weighted by Crippen LogP contribution is -2.41. The van der Waals surface area contributed by atoms with Crippen molar-refractivity contribution in [2.24, 2.45) is 0 Å². The van der Waals surface area contributed by atoms with Crippen molar-refractivity contribution in [3.8, 4) is 0 Å². The SMILES string of the molecule is CC1CCCc2cccc(B3OC(C)(C)C(C)(C)O3)c21. The third-order valence-corrected chi connectivity index (χ3v) is 5.31. The molecule has 1 atom stereocenters. The molecule has 1 aromatic rings. The molecule has 1 unspecified atom stereocenters. The molecule has 0 bridgehead atoms. The molecule has 1 heterocycles. The fourth-order valence-corrected chi connectivity index (χ4v) is 3.37. The van der Waals surface area contributed by atoms with Gasteiger partial charge in [0.05, 0.1) is 11.2 Å². The molecule has 1 aliphatic heterocycles. The normalized spacial score (nSPS) is 27.4. The third-order valence-electron chi connectivity index (χ3n) is 5.31. The number of aryl methyl sites for hydroxylation is 1. The fraction of sp³-hybridized carbons (Fsp3) is 0.647. The number of hydrogen-bond donors (Lipinski definition) is 0. The Morgan fingerprint density at radius 3 is 2.40 bits per heavy atom. The maximum absolute atomic E-state index is 6.24. The van der Waals surface area contributed by atoms with Crippen molar-refractivity contribution in [2.45, 2.75) is 71.0 Å². The van der Waals surface area contributed by atoms with Crippen LogP contribution in [0.15, 0.2) is 18.2 Å². The lowest BCUT2D eigenvalue weighted by atomic mass is 9.69. The summed E-state index contributed by atoms with van der Waals surface area (Å²) < 4.78 is 12.5. The zero-order valence-corrected chi connectivity index (χ0v) is 13.3. The van der Waals surface area contributed by atoms with Crippen LogP contribution in [0.3, 0.4) is 0 Å². The van der Waals surface area contributed by atoms with Crippen molar-refractivity contribution >= 4 is 12.6 Å². The zero-order valence-electron chi connectivity index (χ0n) is 13.3. The quantitative estimate of drug-likeness (QED) is 0.729. The largest absolute Gasteiger partial charge is 0.495 e. The van der Waals surface area contributed by atoms with Crippen molar-refractivity contribution in [3.63, 3.8) is 0 Å². The summed E-state index contributed by atoms with van der Waals surface area (Å²) in [4.78, 5) is 0. The van der Waals surface area contributed by atoms with Gasteiger partial charge in [0.25, 0.3) is 0 Å². The average Bonchev–Trinajstić information content (AvgIpc) is 2.58. The number of benzene rings is 1. The molecule has 108 valence electrons. The summed E-state index contributed by atoms with van der Waals surface area (Å²) in [7, 11) is -0.226. The summed E-state index contributed by atoms with van der Waals surface area (Å²) in [6.45, 7) is 10.8. The zero-order chi connectivity index (χ0) is 14.5. The second kappa shape index (κ2) is 4.61. The molecule has 0 radical (unpaired) electrons. The molecular weight excluding hydrogens is 247 g/mol. The van der Waals surface area contributed by atoms with E-state index in [9.17, 15) is 0 Å². The van der Waals surface area contributed by atoms with Crippen LogP contribution in [0.2, 0.25) is 0 Å². The third kappa shape index (κ3) is 2.12. The maximum atomic E-state index is 6.24. The molecule has 3 rings (SSSR count). The monoisotopic (exact) mass is 272 g/mol. The Bertz CT molecular complexity index is 506. The first-order valence-corrected chi connectivity index (χ1v) is 7.79. The Kier molecular flexibility index (Phi) is 3.26. The van der Waals surface area contributed by atoms with Crippen LogP contribution in [0.25, 0.3) is 0 Å². The predicted molar refractivity (Wildman–Crippen MR) is 83.5 cm³/mol. The van der Waals surface area contributed by atoms with Gasteiger partial charge in [-0.15, -0.1) is 0 Å². The molecule has 1 aromatic carbocycles. The Balaban J connectivity index is 2.01. The van der Waals surface area contributed by atoms with Gasteiger partial charge in [-0.05, 0) is 69.5 Å². The van der Waals surface area contributed by atoms with Crippen LogP contribution < -0.4 is 5.46 Å². The van der Waals surface area contributed by atoms with Gasteiger partial charge in [0.15, 0.2) is 0 Å². The van der Waals surface area contributed by atoms with E-state index in [4.69, 9.17) is 9.31 Å². The molecule has 0 saturated carbocycles. The van der Waals surface area contributed by atoms with E-state index in [0.717, 1.165) is 0 Å². The van der Waals surface area contributed by atoms with E-state index >= 15 is 0 Å². The topological polar surface area (TPSA) is 18.5 Å². The van der Waals surface area contributed by atoms with E-state index in [1.807, 2.05) is 0 Å². The molecule has 0 aromatic heterocycles. The van der Waals surface area contributed by atoms with Gasteiger partial charge in [-0.3, -0.25) is 0 Å². The molecule has 2 nitrogen and oxygen atoms in total. The minimum atomic E-state index is -0.266. The molecule has 3 heteroatoms. The van der Waals surface area contributed by atoms with Crippen molar-refractivity contribution < 1.29 is 9.31 Å². The number of hydrogen-bond acceptors (Lipinski definition) is 2. The first kappa shape index (κ1) is 14.2. The van der Waals surface area contributed by atoms with Crippen LogP contribution in [-0.2, 0) is 15.7 Å². The predicted octanol–water partition coefficient (Wildman–Crippen LogP) is 3.43. The van der Waals surface area contributed by atoms with Gasteiger partial charge in [0.1, 0.15) is 0 Å². The Hall–Kier alpha value is -0.795. The van der Waals surface area contributed by atoms with Crippen LogP contribution in [0.1, 0.15) is 64.5 Å². The molecule has 1 aliphatic carbocycles. The molecule has 2 aliphatic rings. The van der Waals surface area contributed by atoms with E-state index in [0.29, 0.717) is 5.92 Å². The minimum absolute atomic E-state index is 0.226. The molecule has 1 fully saturated rings. The summed E-state index contributed by atoms with van der Waals surface area (Å²) in [6, 6.07) is 6.60. The highest BCUT2D eigenvalue weighted by Crippen LogP contribution is 2.38. The van der Waals surface area contributed by atoms with Crippen molar-refractivity contribution in [1.82, 2.24) is 0 Å². The summed E-state index contributed by atoms with van der Waals surface area (Å²) in [6.07, 6.45) is 3.75. The van der Waals surface area contributed by atoms with E-state index < -0.39 is 0 Å². The smallest absolute Gasteiger partial charge is 0.399 e. The molecular formula is C17H25BO2. The van der Waals surface area contributed by atoms with E-state index in [-0.39, 0.29) is 18.3 Å². The lowest BCUT2D eigenvalue weighted by Gasteiger charge is -2.32. The van der Waals surface area contributed by atoms with E-state index in [2.05, 4.69) is 52.8 Å². The van der Waals surface area contributed by atoms with Crippen LogP contribution >= 0.6 is 0 Å². The number of fused-ring (bicyclic) bond motifs is 1. The summed E-state index contributed by atoms with van der Waals surface area (Å²) >= 11 is 0. The summed E-state index contributed by atoms with van der Waals surface area (Å²) in [5, 5.41) is 0. The highest BCUT2D eigenvalue weighted by atomic mass is 16.7. The van der Waals surface area contributed by atoms with Gasteiger partial charge in [0.2, 0.25) is 0 Å². The highest BCUT2D eigenvalue weighted by molar-refractivity contribution is 6.62. The summed E-state index contributed by atoms with van der Waals surface area (Å²) in [5.41, 5.74) is 3.66. The lowest BCUT2D eigenvalue weighted by molar-refractivity contribution is 0.00578. The van der Waals surface area contributed by atoms with E-state index in [1.165, 1.54) is 35.9 Å². The van der Waals surface area contributed by atoms with Gasteiger partial charge < -0.3 is 9.31 Å². The average molecular weight is 272 g/mol. The van der Waals surface area contributed by atoms with Crippen LogP contribution in [0.5, 0.6) is 0 Å². The standard InChI is InChI=1S/C17H25BO2/c1-12-8-6-9-13-10-7-11-14(15(12)13)18-19-16(2,3)17(4,5)20-18/h7,10-12H,6,8-9H2,1-5H3.